The molecule has 2 saturated heterocycles. The van der Waals surface area contributed by atoms with Crippen molar-refractivity contribution in [3.63, 3.8) is 0 Å². The minimum absolute atomic E-state index is 0. The smallest absolute Gasteiger partial charge is 0.324 e. The second kappa shape index (κ2) is 10.7. The first-order chi connectivity index (χ1) is 11.2. The molecule has 2 aliphatic rings. The number of guanidine groups is 1. The third-order valence-corrected chi connectivity index (χ3v) is 4.27. The fourth-order valence-corrected chi connectivity index (χ4v) is 3.02. The Morgan fingerprint density at radius 2 is 2.12 bits per heavy atom. The van der Waals surface area contributed by atoms with Crippen LogP contribution in [0.2, 0.25) is 0 Å². The van der Waals surface area contributed by atoms with Crippen LogP contribution < -0.4 is 16.0 Å². The fraction of sp³-hybridized carbons (Fsp3) is 0.800. The Kier molecular flexibility index (Phi) is 9.34. The molecular formula is C15H29IN6O2. The number of imide groups is 1. The molecule has 0 aromatic rings. The summed E-state index contributed by atoms with van der Waals surface area (Å²) >= 11 is 0. The van der Waals surface area contributed by atoms with Gasteiger partial charge in [-0.25, -0.2) is 4.79 Å². The molecule has 0 aromatic carbocycles. The Bertz CT molecular complexity index is 443. The maximum atomic E-state index is 11.5. The van der Waals surface area contributed by atoms with E-state index in [-0.39, 0.29) is 42.5 Å². The average Bonchev–Trinajstić information content (AvgIpc) is 3.13. The van der Waals surface area contributed by atoms with Crippen molar-refractivity contribution in [3.05, 3.63) is 0 Å². The Balaban J connectivity index is 0.00000288. The largest absolute Gasteiger partial charge is 0.357 e. The van der Waals surface area contributed by atoms with Crippen LogP contribution in [-0.4, -0.2) is 79.6 Å². The predicted octanol–water partition coefficient (Wildman–Crippen LogP) is 0.196. The monoisotopic (exact) mass is 452 g/mol. The number of likely N-dealkylation sites (N-methyl/N-ethyl adjacent to an activating group) is 1. The van der Waals surface area contributed by atoms with Gasteiger partial charge in [0.15, 0.2) is 5.96 Å². The molecule has 1 unspecified atom stereocenters. The van der Waals surface area contributed by atoms with Gasteiger partial charge in [-0.3, -0.25) is 19.6 Å². The van der Waals surface area contributed by atoms with Crippen molar-refractivity contribution in [1.82, 2.24) is 25.8 Å². The summed E-state index contributed by atoms with van der Waals surface area (Å²) in [6, 6.07) is 0.199. The summed E-state index contributed by atoms with van der Waals surface area (Å²) in [5, 5.41) is 8.91. The third-order valence-electron chi connectivity index (χ3n) is 4.27. The number of rotatable bonds is 7. The molecule has 3 amide bonds. The van der Waals surface area contributed by atoms with Crippen LogP contribution in [0, 0.1) is 0 Å². The number of nitrogens with one attached hydrogen (secondary N) is 3. The molecule has 24 heavy (non-hydrogen) atoms. The van der Waals surface area contributed by atoms with E-state index in [0.29, 0.717) is 19.1 Å². The van der Waals surface area contributed by atoms with E-state index < -0.39 is 0 Å². The molecule has 3 N–H and O–H groups in total. The molecule has 1 atom stereocenters. The van der Waals surface area contributed by atoms with Crippen LogP contribution in [0.15, 0.2) is 4.99 Å². The molecule has 0 aromatic heterocycles. The quantitative estimate of drug-likeness (QED) is 0.222. The van der Waals surface area contributed by atoms with Gasteiger partial charge in [-0.15, -0.1) is 24.0 Å². The number of amides is 3. The minimum Gasteiger partial charge on any atom is -0.357 e. The van der Waals surface area contributed by atoms with Gasteiger partial charge in [-0.2, -0.15) is 0 Å². The normalized spacial score (nSPS) is 21.7. The fourth-order valence-electron chi connectivity index (χ4n) is 3.02. The van der Waals surface area contributed by atoms with Crippen molar-refractivity contribution in [3.8, 4) is 0 Å². The molecule has 0 aliphatic carbocycles. The van der Waals surface area contributed by atoms with Gasteiger partial charge in [0.1, 0.15) is 0 Å². The van der Waals surface area contributed by atoms with Crippen LogP contribution in [-0.2, 0) is 4.79 Å². The molecule has 8 nitrogen and oxygen atoms in total. The van der Waals surface area contributed by atoms with Crippen molar-refractivity contribution >= 4 is 41.9 Å². The number of aliphatic imine (C=N–C) groups is 1. The number of carbonyl (C=O) groups excluding carboxylic acids is 2. The van der Waals surface area contributed by atoms with Crippen molar-refractivity contribution in [2.75, 3.05) is 45.8 Å². The second-order valence-corrected chi connectivity index (χ2v) is 5.78. The molecule has 9 heteroatoms. The number of halogens is 1. The van der Waals surface area contributed by atoms with Crippen molar-refractivity contribution in [1.29, 1.82) is 0 Å². The van der Waals surface area contributed by atoms with Gasteiger partial charge in [0.25, 0.3) is 0 Å². The first-order valence-corrected chi connectivity index (χ1v) is 8.50. The number of likely N-dealkylation sites (tertiary alicyclic amines) is 1. The summed E-state index contributed by atoms with van der Waals surface area (Å²) in [5.74, 6) is 0.561. The number of hydrogen-bond acceptors (Lipinski definition) is 4. The summed E-state index contributed by atoms with van der Waals surface area (Å²) in [6.07, 6.45) is 2.43. The van der Waals surface area contributed by atoms with Crippen LogP contribution in [0.4, 0.5) is 4.79 Å². The van der Waals surface area contributed by atoms with E-state index in [1.165, 1.54) is 17.7 Å². The highest BCUT2D eigenvalue weighted by Gasteiger charge is 2.27. The molecule has 2 fully saturated rings. The summed E-state index contributed by atoms with van der Waals surface area (Å²) in [4.78, 5) is 31.3. The van der Waals surface area contributed by atoms with E-state index >= 15 is 0 Å². The molecule has 2 aliphatic heterocycles. The predicted molar refractivity (Wildman–Crippen MR) is 105 cm³/mol. The lowest BCUT2D eigenvalue weighted by atomic mass is 10.2. The van der Waals surface area contributed by atoms with Crippen LogP contribution in [0.25, 0.3) is 0 Å². The summed E-state index contributed by atoms with van der Waals surface area (Å²) in [6.45, 7) is 8.91. The van der Waals surface area contributed by atoms with E-state index in [4.69, 9.17) is 0 Å². The van der Waals surface area contributed by atoms with Gasteiger partial charge < -0.3 is 16.0 Å². The standard InChI is InChI=1S/C15H28N6O2.HI/c1-3-16-14(18-10-12-6-5-8-20(12)4-2)17-7-9-21-13(22)11-19-15(21)23;/h12H,3-11H2,1-2H3,(H,19,23)(H2,16,17,18);1H. The van der Waals surface area contributed by atoms with E-state index in [1.54, 1.807) is 0 Å². The van der Waals surface area contributed by atoms with Crippen molar-refractivity contribution in [2.24, 2.45) is 4.99 Å². The van der Waals surface area contributed by atoms with Crippen molar-refractivity contribution in [2.45, 2.75) is 32.7 Å². The zero-order chi connectivity index (χ0) is 16.7. The van der Waals surface area contributed by atoms with Crippen LogP contribution >= 0.6 is 24.0 Å². The SMILES string of the molecule is CCNC(=NCC1CCCN1CC)NCCN1C(=O)CNC1=O.I. The van der Waals surface area contributed by atoms with E-state index in [1.807, 2.05) is 6.92 Å². The zero-order valence-electron chi connectivity index (χ0n) is 14.5. The first-order valence-electron chi connectivity index (χ1n) is 8.50. The van der Waals surface area contributed by atoms with E-state index in [9.17, 15) is 9.59 Å². The third kappa shape index (κ3) is 5.76. The second-order valence-electron chi connectivity index (χ2n) is 5.78. The molecule has 2 rings (SSSR count). The van der Waals surface area contributed by atoms with Crippen LogP contribution in [0.5, 0.6) is 0 Å². The molecule has 0 saturated carbocycles. The van der Waals surface area contributed by atoms with Gasteiger partial charge in [0.05, 0.1) is 13.1 Å². The zero-order valence-corrected chi connectivity index (χ0v) is 16.8. The molecule has 0 bridgehead atoms. The lowest BCUT2D eigenvalue weighted by Crippen LogP contribution is -2.44. The highest BCUT2D eigenvalue weighted by Crippen LogP contribution is 2.16. The van der Waals surface area contributed by atoms with Gasteiger partial charge in [0.2, 0.25) is 5.91 Å². The average molecular weight is 452 g/mol. The highest BCUT2D eigenvalue weighted by atomic mass is 127. The highest BCUT2D eigenvalue weighted by molar-refractivity contribution is 14.0. The topological polar surface area (TPSA) is 89.1 Å². The summed E-state index contributed by atoms with van der Waals surface area (Å²) in [7, 11) is 0. The minimum atomic E-state index is -0.316. The number of carbonyl (C=O) groups is 2. The number of urea groups is 1. The van der Waals surface area contributed by atoms with Crippen LogP contribution in [0.3, 0.4) is 0 Å². The molecule has 138 valence electrons. The number of hydrogen-bond donors (Lipinski definition) is 3. The number of nitrogens with zero attached hydrogens (tertiary/aromatic N) is 3. The van der Waals surface area contributed by atoms with Gasteiger partial charge in [-0.05, 0) is 32.9 Å². The van der Waals surface area contributed by atoms with E-state index in [0.717, 1.165) is 32.1 Å². The molecule has 0 radical (unpaired) electrons. The Hall–Kier alpha value is -1.10. The van der Waals surface area contributed by atoms with Gasteiger partial charge in [0, 0.05) is 25.7 Å². The van der Waals surface area contributed by atoms with Crippen LogP contribution in [0.1, 0.15) is 26.7 Å². The van der Waals surface area contributed by atoms with Crippen molar-refractivity contribution < 1.29 is 9.59 Å². The first kappa shape index (κ1) is 20.9. The molecule has 2 heterocycles. The van der Waals surface area contributed by atoms with E-state index in [2.05, 4.69) is 32.8 Å². The summed E-state index contributed by atoms with van der Waals surface area (Å²) in [5.41, 5.74) is 0. The molecular weight excluding hydrogens is 423 g/mol. The molecule has 0 spiro atoms. The Labute approximate surface area is 160 Å². The lowest BCUT2D eigenvalue weighted by molar-refractivity contribution is -0.124. The Morgan fingerprint density at radius 1 is 1.33 bits per heavy atom. The maximum absolute atomic E-state index is 11.5. The Morgan fingerprint density at radius 3 is 2.75 bits per heavy atom. The van der Waals surface area contributed by atoms with Gasteiger partial charge in [-0.1, -0.05) is 6.92 Å². The summed E-state index contributed by atoms with van der Waals surface area (Å²) < 4.78 is 0. The maximum Gasteiger partial charge on any atom is 0.324 e. The van der Waals surface area contributed by atoms with Gasteiger partial charge >= 0.3 is 6.03 Å². The lowest BCUT2D eigenvalue weighted by Gasteiger charge is -2.21.